The summed E-state index contributed by atoms with van der Waals surface area (Å²) in [6.07, 6.45) is 0. The van der Waals surface area contributed by atoms with E-state index < -0.39 is 0 Å². The molecule has 0 aliphatic carbocycles. The highest BCUT2D eigenvalue weighted by Gasteiger charge is 2.19. The Kier molecular flexibility index (Phi) is 7.10. The lowest BCUT2D eigenvalue weighted by Gasteiger charge is -2.33. The van der Waals surface area contributed by atoms with Crippen molar-refractivity contribution in [2.24, 2.45) is 0 Å². The SMILES string of the molecule is C[C@@H]1CNCCN1CC(=O)NCc1ccc(Cl)s1.Cl. The molecule has 7 heteroatoms. The van der Waals surface area contributed by atoms with E-state index in [1.807, 2.05) is 12.1 Å². The molecule has 2 heterocycles. The topological polar surface area (TPSA) is 44.4 Å². The molecule has 0 saturated carbocycles. The number of halogens is 2. The van der Waals surface area contributed by atoms with Gasteiger partial charge in [0.25, 0.3) is 0 Å². The number of thiophene rings is 1. The van der Waals surface area contributed by atoms with Gasteiger partial charge < -0.3 is 10.6 Å². The highest BCUT2D eigenvalue weighted by molar-refractivity contribution is 7.16. The van der Waals surface area contributed by atoms with Crippen molar-refractivity contribution in [3.63, 3.8) is 0 Å². The monoisotopic (exact) mass is 323 g/mol. The van der Waals surface area contributed by atoms with Crippen LogP contribution in [0.5, 0.6) is 0 Å². The summed E-state index contributed by atoms with van der Waals surface area (Å²) in [4.78, 5) is 15.1. The lowest BCUT2D eigenvalue weighted by atomic mass is 10.2. The third kappa shape index (κ3) is 5.28. The van der Waals surface area contributed by atoms with Gasteiger partial charge in [-0.25, -0.2) is 0 Å². The van der Waals surface area contributed by atoms with Crippen LogP contribution < -0.4 is 10.6 Å². The van der Waals surface area contributed by atoms with Crippen LogP contribution in [0.15, 0.2) is 12.1 Å². The van der Waals surface area contributed by atoms with Gasteiger partial charge in [-0.3, -0.25) is 9.69 Å². The Hall–Kier alpha value is -0.330. The van der Waals surface area contributed by atoms with E-state index in [4.69, 9.17) is 11.6 Å². The molecule has 1 fully saturated rings. The van der Waals surface area contributed by atoms with E-state index in [-0.39, 0.29) is 18.3 Å². The molecular formula is C12H19Cl2N3OS. The van der Waals surface area contributed by atoms with Crippen molar-refractivity contribution in [1.82, 2.24) is 15.5 Å². The van der Waals surface area contributed by atoms with Crippen molar-refractivity contribution in [3.05, 3.63) is 21.3 Å². The standard InChI is InChI=1S/C12H18ClN3OS.ClH/c1-9-6-14-4-5-16(9)8-12(17)15-7-10-2-3-11(13)18-10;/h2-3,9,14H,4-8H2,1H3,(H,15,17);1H/t9-;/m1./s1. The molecule has 0 spiro atoms. The van der Waals surface area contributed by atoms with E-state index in [2.05, 4.69) is 22.5 Å². The molecule has 19 heavy (non-hydrogen) atoms. The van der Waals surface area contributed by atoms with Gasteiger partial charge in [0.2, 0.25) is 5.91 Å². The molecule has 1 aliphatic rings. The molecule has 0 unspecified atom stereocenters. The van der Waals surface area contributed by atoms with Gasteiger partial charge in [-0.2, -0.15) is 0 Å². The molecule has 0 aromatic carbocycles. The highest BCUT2D eigenvalue weighted by Crippen LogP contribution is 2.20. The Morgan fingerprint density at radius 2 is 2.42 bits per heavy atom. The number of hydrogen-bond acceptors (Lipinski definition) is 4. The van der Waals surface area contributed by atoms with Crippen LogP contribution >= 0.6 is 35.3 Å². The Bertz CT molecular complexity index is 413. The zero-order chi connectivity index (χ0) is 13.0. The summed E-state index contributed by atoms with van der Waals surface area (Å²) in [7, 11) is 0. The van der Waals surface area contributed by atoms with Gasteiger partial charge in [-0.05, 0) is 19.1 Å². The molecule has 4 nitrogen and oxygen atoms in total. The number of amides is 1. The van der Waals surface area contributed by atoms with Crippen LogP contribution in [0.4, 0.5) is 0 Å². The van der Waals surface area contributed by atoms with Crippen LogP contribution in [0.25, 0.3) is 0 Å². The fraction of sp³-hybridized carbons (Fsp3) is 0.583. The van der Waals surface area contributed by atoms with E-state index in [9.17, 15) is 4.79 Å². The maximum atomic E-state index is 11.8. The zero-order valence-corrected chi connectivity index (χ0v) is 13.2. The number of nitrogens with one attached hydrogen (secondary N) is 2. The highest BCUT2D eigenvalue weighted by atomic mass is 35.5. The van der Waals surface area contributed by atoms with Gasteiger partial charge in [0.05, 0.1) is 17.4 Å². The van der Waals surface area contributed by atoms with Crippen LogP contribution in [0.1, 0.15) is 11.8 Å². The summed E-state index contributed by atoms with van der Waals surface area (Å²) >= 11 is 7.34. The number of hydrogen-bond donors (Lipinski definition) is 2. The van der Waals surface area contributed by atoms with E-state index in [1.54, 1.807) is 0 Å². The molecule has 1 aromatic rings. The van der Waals surface area contributed by atoms with E-state index >= 15 is 0 Å². The van der Waals surface area contributed by atoms with Gasteiger partial charge in [-0.15, -0.1) is 23.7 Å². The first kappa shape index (κ1) is 16.7. The van der Waals surface area contributed by atoms with E-state index in [0.29, 0.717) is 19.1 Å². The van der Waals surface area contributed by atoms with Crippen molar-refractivity contribution >= 4 is 41.3 Å². The molecular weight excluding hydrogens is 305 g/mol. The molecule has 108 valence electrons. The molecule has 1 aromatic heterocycles. The second-order valence-electron chi connectivity index (χ2n) is 4.51. The number of piperazine rings is 1. The van der Waals surface area contributed by atoms with Crippen LogP contribution in [-0.4, -0.2) is 43.0 Å². The van der Waals surface area contributed by atoms with Gasteiger partial charge in [0, 0.05) is 30.6 Å². The Morgan fingerprint density at radius 1 is 1.63 bits per heavy atom. The first-order chi connectivity index (χ1) is 8.65. The second kappa shape index (κ2) is 8.07. The minimum Gasteiger partial charge on any atom is -0.350 e. The fourth-order valence-electron chi connectivity index (χ4n) is 1.99. The quantitative estimate of drug-likeness (QED) is 0.887. The van der Waals surface area contributed by atoms with Crippen molar-refractivity contribution in [2.75, 3.05) is 26.2 Å². The van der Waals surface area contributed by atoms with Crippen LogP contribution in [0.3, 0.4) is 0 Å². The summed E-state index contributed by atoms with van der Waals surface area (Å²) in [5, 5.41) is 6.24. The largest absolute Gasteiger partial charge is 0.350 e. The number of carbonyl (C=O) groups is 1. The average molecular weight is 324 g/mol. The predicted octanol–water partition coefficient (Wildman–Crippen LogP) is 1.73. The van der Waals surface area contributed by atoms with Gasteiger partial charge in [0.1, 0.15) is 0 Å². The van der Waals surface area contributed by atoms with Crippen molar-refractivity contribution in [3.8, 4) is 0 Å². The fourth-order valence-corrected chi connectivity index (χ4v) is 3.02. The second-order valence-corrected chi connectivity index (χ2v) is 6.31. The first-order valence-corrected chi connectivity index (χ1v) is 7.30. The van der Waals surface area contributed by atoms with E-state index in [0.717, 1.165) is 28.8 Å². The summed E-state index contributed by atoms with van der Waals surface area (Å²) in [6, 6.07) is 4.22. The van der Waals surface area contributed by atoms with Crippen molar-refractivity contribution in [2.45, 2.75) is 19.5 Å². The lowest BCUT2D eigenvalue weighted by Crippen LogP contribution is -2.52. The summed E-state index contributed by atoms with van der Waals surface area (Å²) < 4.78 is 0.759. The Morgan fingerprint density at radius 3 is 3.05 bits per heavy atom. The third-order valence-corrected chi connectivity index (χ3v) is 4.31. The normalized spacial score (nSPS) is 19.8. The molecule has 1 atom stereocenters. The third-order valence-electron chi connectivity index (χ3n) is 3.07. The van der Waals surface area contributed by atoms with Crippen molar-refractivity contribution in [1.29, 1.82) is 0 Å². The van der Waals surface area contributed by atoms with Crippen LogP contribution in [-0.2, 0) is 11.3 Å². The smallest absolute Gasteiger partial charge is 0.234 e. The molecule has 1 saturated heterocycles. The van der Waals surface area contributed by atoms with Crippen molar-refractivity contribution < 1.29 is 4.79 Å². The predicted molar refractivity (Wildman–Crippen MR) is 82.3 cm³/mol. The summed E-state index contributed by atoms with van der Waals surface area (Å²) in [6.45, 7) is 6.02. The van der Waals surface area contributed by atoms with Gasteiger partial charge >= 0.3 is 0 Å². The van der Waals surface area contributed by atoms with Crippen LogP contribution in [0, 0.1) is 0 Å². The average Bonchev–Trinajstić information content (AvgIpc) is 2.76. The van der Waals surface area contributed by atoms with Gasteiger partial charge in [-0.1, -0.05) is 11.6 Å². The number of nitrogens with zero attached hydrogens (tertiary/aromatic N) is 1. The maximum absolute atomic E-state index is 11.8. The van der Waals surface area contributed by atoms with Gasteiger partial charge in [0.15, 0.2) is 0 Å². The lowest BCUT2D eigenvalue weighted by molar-refractivity contribution is -0.123. The molecule has 0 bridgehead atoms. The zero-order valence-electron chi connectivity index (χ0n) is 10.8. The molecule has 1 aliphatic heterocycles. The molecule has 0 radical (unpaired) electrons. The maximum Gasteiger partial charge on any atom is 0.234 e. The number of carbonyl (C=O) groups excluding carboxylic acids is 1. The minimum absolute atomic E-state index is 0. The van der Waals surface area contributed by atoms with Crippen LogP contribution in [0.2, 0.25) is 4.34 Å². The Balaban J connectivity index is 0.00000180. The molecule has 2 rings (SSSR count). The number of rotatable bonds is 4. The molecule has 1 amide bonds. The molecule has 2 N–H and O–H groups in total. The Labute approximate surface area is 128 Å². The first-order valence-electron chi connectivity index (χ1n) is 6.11. The minimum atomic E-state index is 0. The summed E-state index contributed by atoms with van der Waals surface area (Å²) in [5.41, 5.74) is 0. The summed E-state index contributed by atoms with van der Waals surface area (Å²) in [5.74, 6) is 0.0771. The van der Waals surface area contributed by atoms with E-state index in [1.165, 1.54) is 11.3 Å².